The first-order valence-electron chi connectivity index (χ1n) is 6.16. The fourth-order valence-electron chi connectivity index (χ4n) is 2.40. The molecule has 0 aliphatic carbocycles. The molecule has 2 nitrogen and oxygen atoms in total. The molecule has 0 spiro atoms. The van der Waals surface area contributed by atoms with Crippen molar-refractivity contribution in [3.05, 3.63) is 35.6 Å². The number of carbonyl (C=O) groups is 1. The highest BCUT2D eigenvalue weighted by Crippen LogP contribution is 2.19. The van der Waals surface area contributed by atoms with Crippen molar-refractivity contribution in [1.29, 1.82) is 0 Å². The average Bonchev–Trinajstić information content (AvgIpc) is 2.32. The lowest BCUT2D eigenvalue weighted by molar-refractivity contribution is -0.123. The molecule has 0 saturated carbocycles. The summed E-state index contributed by atoms with van der Waals surface area (Å²) in [5.41, 5.74) is 0.517. The molecule has 1 fully saturated rings. The highest BCUT2D eigenvalue weighted by atomic mass is 19.1. The van der Waals surface area contributed by atoms with Gasteiger partial charge in [0, 0.05) is 18.4 Å². The van der Waals surface area contributed by atoms with Gasteiger partial charge in [-0.1, -0.05) is 18.2 Å². The molecule has 1 aliphatic heterocycles. The molecule has 17 heavy (non-hydrogen) atoms. The van der Waals surface area contributed by atoms with Crippen LogP contribution in [-0.2, 0) is 11.2 Å². The van der Waals surface area contributed by atoms with Crippen LogP contribution in [0.1, 0.15) is 25.3 Å². The van der Waals surface area contributed by atoms with Crippen LogP contribution in [0.5, 0.6) is 0 Å². The maximum atomic E-state index is 13.4. The molecule has 1 heterocycles. The van der Waals surface area contributed by atoms with Crippen LogP contribution in [-0.4, -0.2) is 18.4 Å². The standard InChI is InChI=1S/C14H18FNO/c1-10-8-12(6-7-16-10)14(17)9-11-4-2-3-5-13(11)15/h2-5,10,12,16H,6-9H2,1H3/t10-,12?/m0/s1. The number of piperidine rings is 1. The van der Waals surface area contributed by atoms with Crippen LogP contribution >= 0.6 is 0 Å². The van der Waals surface area contributed by atoms with Gasteiger partial charge in [0.2, 0.25) is 0 Å². The van der Waals surface area contributed by atoms with E-state index in [1.54, 1.807) is 18.2 Å². The number of hydrogen-bond donors (Lipinski definition) is 1. The molecule has 2 rings (SSSR count). The molecule has 0 bridgehead atoms. The molecule has 0 radical (unpaired) electrons. The molecule has 2 atom stereocenters. The normalized spacial score (nSPS) is 24.6. The summed E-state index contributed by atoms with van der Waals surface area (Å²) in [6, 6.07) is 6.91. The summed E-state index contributed by atoms with van der Waals surface area (Å²) in [4.78, 5) is 12.1. The first-order valence-corrected chi connectivity index (χ1v) is 6.16. The van der Waals surface area contributed by atoms with Gasteiger partial charge in [-0.2, -0.15) is 0 Å². The van der Waals surface area contributed by atoms with Crippen molar-refractivity contribution in [2.45, 2.75) is 32.2 Å². The number of rotatable bonds is 3. The Bertz CT molecular complexity index is 405. The van der Waals surface area contributed by atoms with Gasteiger partial charge in [-0.05, 0) is 37.9 Å². The maximum Gasteiger partial charge on any atom is 0.140 e. The van der Waals surface area contributed by atoms with Crippen LogP contribution in [0.4, 0.5) is 4.39 Å². The molecule has 0 amide bonds. The number of halogens is 1. The summed E-state index contributed by atoms with van der Waals surface area (Å²) in [5, 5.41) is 3.32. The fraction of sp³-hybridized carbons (Fsp3) is 0.500. The zero-order chi connectivity index (χ0) is 12.3. The van der Waals surface area contributed by atoms with E-state index in [0.29, 0.717) is 11.6 Å². The summed E-state index contributed by atoms with van der Waals surface area (Å²) in [6.45, 7) is 2.97. The first kappa shape index (κ1) is 12.2. The number of benzene rings is 1. The van der Waals surface area contributed by atoms with Crippen LogP contribution in [0.25, 0.3) is 0 Å². The smallest absolute Gasteiger partial charge is 0.140 e. The summed E-state index contributed by atoms with van der Waals surface area (Å²) in [5.74, 6) is -0.0165. The van der Waals surface area contributed by atoms with Gasteiger partial charge in [-0.15, -0.1) is 0 Å². The molecule has 1 aromatic carbocycles. The molecule has 92 valence electrons. The minimum absolute atomic E-state index is 0.0888. The van der Waals surface area contributed by atoms with E-state index in [2.05, 4.69) is 12.2 Å². The summed E-state index contributed by atoms with van der Waals surface area (Å²) < 4.78 is 13.4. The number of hydrogen-bond acceptors (Lipinski definition) is 2. The van der Waals surface area contributed by atoms with Crippen molar-refractivity contribution in [2.75, 3.05) is 6.54 Å². The summed E-state index contributed by atoms with van der Waals surface area (Å²) in [7, 11) is 0. The van der Waals surface area contributed by atoms with E-state index in [0.717, 1.165) is 19.4 Å². The van der Waals surface area contributed by atoms with Crippen LogP contribution in [0.15, 0.2) is 24.3 Å². The van der Waals surface area contributed by atoms with Gasteiger partial charge < -0.3 is 5.32 Å². The number of ketones is 1. The zero-order valence-corrected chi connectivity index (χ0v) is 10.1. The second-order valence-corrected chi connectivity index (χ2v) is 4.81. The highest BCUT2D eigenvalue weighted by Gasteiger charge is 2.24. The van der Waals surface area contributed by atoms with Crippen molar-refractivity contribution in [3.63, 3.8) is 0 Å². The second kappa shape index (κ2) is 5.41. The van der Waals surface area contributed by atoms with E-state index < -0.39 is 0 Å². The van der Waals surface area contributed by atoms with E-state index in [1.165, 1.54) is 6.07 Å². The molecule has 3 heteroatoms. The topological polar surface area (TPSA) is 29.1 Å². The molecule has 1 aliphatic rings. The van der Waals surface area contributed by atoms with Crippen LogP contribution in [0.2, 0.25) is 0 Å². The summed E-state index contributed by atoms with van der Waals surface area (Å²) in [6.07, 6.45) is 1.97. The van der Waals surface area contributed by atoms with Gasteiger partial charge in [0.1, 0.15) is 11.6 Å². The number of nitrogens with one attached hydrogen (secondary N) is 1. The van der Waals surface area contributed by atoms with Crippen molar-refractivity contribution in [1.82, 2.24) is 5.32 Å². The summed E-state index contributed by atoms with van der Waals surface area (Å²) >= 11 is 0. The molecule has 0 aromatic heterocycles. The lowest BCUT2D eigenvalue weighted by Gasteiger charge is -2.27. The van der Waals surface area contributed by atoms with Crippen LogP contribution in [0, 0.1) is 11.7 Å². The lowest BCUT2D eigenvalue weighted by Crippen LogP contribution is -2.38. The van der Waals surface area contributed by atoms with Gasteiger partial charge in [0.05, 0.1) is 0 Å². The molecule has 1 N–H and O–H groups in total. The van der Waals surface area contributed by atoms with Gasteiger partial charge in [0.25, 0.3) is 0 Å². The van der Waals surface area contributed by atoms with E-state index in [1.807, 2.05) is 0 Å². The van der Waals surface area contributed by atoms with Gasteiger partial charge in [-0.3, -0.25) is 4.79 Å². The predicted octanol–water partition coefficient (Wildman–Crippen LogP) is 2.33. The van der Waals surface area contributed by atoms with Crippen LogP contribution < -0.4 is 5.32 Å². The van der Waals surface area contributed by atoms with Crippen molar-refractivity contribution < 1.29 is 9.18 Å². The SMILES string of the molecule is C[C@H]1CC(C(=O)Cc2ccccc2F)CCN1. The van der Waals surface area contributed by atoms with Crippen LogP contribution in [0.3, 0.4) is 0 Å². The van der Waals surface area contributed by atoms with Crippen molar-refractivity contribution in [2.24, 2.45) is 5.92 Å². The second-order valence-electron chi connectivity index (χ2n) is 4.81. The molecular weight excluding hydrogens is 217 g/mol. The Morgan fingerprint density at radius 2 is 2.24 bits per heavy atom. The molecule has 1 saturated heterocycles. The fourth-order valence-corrected chi connectivity index (χ4v) is 2.40. The third-order valence-electron chi connectivity index (χ3n) is 3.40. The Kier molecular flexibility index (Phi) is 3.89. The number of carbonyl (C=O) groups excluding carboxylic acids is 1. The Morgan fingerprint density at radius 1 is 1.47 bits per heavy atom. The average molecular weight is 235 g/mol. The quantitative estimate of drug-likeness (QED) is 0.871. The van der Waals surface area contributed by atoms with Crippen molar-refractivity contribution in [3.8, 4) is 0 Å². The Balaban J connectivity index is 1.99. The molecule has 1 unspecified atom stereocenters. The van der Waals surface area contributed by atoms with Gasteiger partial charge in [0.15, 0.2) is 0 Å². The van der Waals surface area contributed by atoms with Gasteiger partial charge in [-0.25, -0.2) is 4.39 Å². The highest BCUT2D eigenvalue weighted by molar-refractivity contribution is 5.83. The minimum Gasteiger partial charge on any atom is -0.314 e. The van der Waals surface area contributed by atoms with Gasteiger partial charge >= 0.3 is 0 Å². The monoisotopic (exact) mass is 235 g/mol. The third-order valence-corrected chi connectivity index (χ3v) is 3.40. The first-order chi connectivity index (χ1) is 8.16. The van der Waals surface area contributed by atoms with E-state index >= 15 is 0 Å². The Morgan fingerprint density at radius 3 is 2.94 bits per heavy atom. The van der Waals surface area contributed by atoms with E-state index in [-0.39, 0.29) is 23.9 Å². The molecule has 1 aromatic rings. The number of Topliss-reactive ketones (excluding diaryl/α,β-unsaturated/α-hetero) is 1. The Hall–Kier alpha value is -1.22. The minimum atomic E-state index is -0.275. The zero-order valence-electron chi connectivity index (χ0n) is 10.1. The third kappa shape index (κ3) is 3.13. The Labute approximate surface area is 101 Å². The van der Waals surface area contributed by atoms with E-state index in [9.17, 15) is 9.18 Å². The lowest BCUT2D eigenvalue weighted by atomic mass is 9.87. The largest absolute Gasteiger partial charge is 0.314 e. The van der Waals surface area contributed by atoms with E-state index in [4.69, 9.17) is 0 Å². The molecular formula is C14H18FNO. The predicted molar refractivity (Wildman–Crippen MR) is 65.3 cm³/mol. The maximum absolute atomic E-state index is 13.4. The van der Waals surface area contributed by atoms with Crippen molar-refractivity contribution >= 4 is 5.78 Å².